The number of amides is 1. The van der Waals surface area contributed by atoms with Crippen LogP contribution in [0.1, 0.15) is 32.6 Å². The van der Waals surface area contributed by atoms with E-state index < -0.39 is 12.0 Å². The van der Waals surface area contributed by atoms with Crippen molar-refractivity contribution in [1.29, 1.82) is 0 Å². The molecule has 1 atom stereocenters. The number of rotatable bonds is 10. The fourth-order valence-electron chi connectivity index (χ4n) is 1.38. The van der Waals surface area contributed by atoms with Gasteiger partial charge in [-0.05, 0) is 26.3 Å². The molecule has 6 nitrogen and oxygen atoms in total. The molecule has 0 saturated heterocycles. The molecule has 0 heterocycles. The van der Waals surface area contributed by atoms with Crippen LogP contribution in [-0.2, 0) is 14.3 Å². The summed E-state index contributed by atoms with van der Waals surface area (Å²) in [5, 5.41) is 2.57. The summed E-state index contributed by atoms with van der Waals surface area (Å²) >= 11 is 0. The van der Waals surface area contributed by atoms with Gasteiger partial charge < -0.3 is 21.5 Å². The molecular weight excluding hydrogens is 246 g/mol. The van der Waals surface area contributed by atoms with Crippen LogP contribution in [0.4, 0.5) is 0 Å². The van der Waals surface area contributed by atoms with Gasteiger partial charge in [-0.15, -0.1) is 0 Å². The Labute approximate surface area is 114 Å². The van der Waals surface area contributed by atoms with Gasteiger partial charge in [-0.2, -0.15) is 0 Å². The van der Waals surface area contributed by atoms with E-state index in [0.717, 1.165) is 19.3 Å². The van der Waals surface area contributed by atoms with Gasteiger partial charge in [-0.25, -0.2) is 0 Å². The molecule has 6 heteroatoms. The van der Waals surface area contributed by atoms with Crippen molar-refractivity contribution >= 4 is 11.9 Å². The third-order valence-corrected chi connectivity index (χ3v) is 2.54. The highest BCUT2D eigenvalue weighted by molar-refractivity contribution is 5.92. The van der Waals surface area contributed by atoms with Crippen molar-refractivity contribution < 1.29 is 14.3 Å². The maximum atomic E-state index is 11.5. The number of esters is 1. The van der Waals surface area contributed by atoms with E-state index >= 15 is 0 Å². The van der Waals surface area contributed by atoms with Crippen molar-refractivity contribution in [1.82, 2.24) is 5.32 Å². The third-order valence-electron chi connectivity index (χ3n) is 2.54. The molecule has 1 amide bonds. The van der Waals surface area contributed by atoms with Gasteiger partial charge in [0.1, 0.15) is 12.6 Å². The van der Waals surface area contributed by atoms with Gasteiger partial charge in [0, 0.05) is 5.57 Å². The number of carbonyl (C=O) groups excluding carboxylic acids is 2. The summed E-state index contributed by atoms with van der Waals surface area (Å²) in [5.41, 5.74) is 11.5. The zero-order valence-electron chi connectivity index (χ0n) is 11.6. The minimum absolute atomic E-state index is 0.119. The number of hydrogen-bond donors (Lipinski definition) is 3. The van der Waals surface area contributed by atoms with Gasteiger partial charge in [0.15, 0.2) is 0 Å². The van der Waals surface area contributed by atoms with E-state index in [0.29, 0.717) is 18.5 Å². The Morgan fingerprint density at radius 2 is 2.00 bits per heavy atom. The van der Waals surface area contributed by atoms with E-state index in [4.69, 9.17) is 16.2 Å². The van der Waals surface area contributed by atoms with Gasteiger partial charge in [-0.3, -0.25) is 9.59 Å². The summed E-state index contributed by atoms with van der Waals surface area (Å²) in [5.74, 6) is -0.681. The monoisotopic (exact) mass is 271 g/mol. The minimum Gasteiger partial charge on any atom is -0.463 e. The molecule has 1 unspecified atom stereocenters. The van der Waals surface area contributed by atoms with E-state index in [1.165, 1.54) is 0 Å². The molecule has 0 aromatic rings. The van der Waals surface area contributed by atoms with E-state index in [1.807, 2.05) is 0 Å². The van der Waals surface area contributed by atoms with E-state index in [1.54, 1.807) is 6.92 Å². The van der Waals surface area contributed by atoms with Crippen LogP contribution >= 0.6 is 0 Å². The standard InChI is InChI=1S/C13H25N3O3/c1-10(2)12(17)16-8-9-19-13(18)11(15)6-4-3-5-7-14/h11H,1,3-9,14-15H2,2H3,(H,16,17). The second kappa shape index (κ2) is 10.5. The lowest BCUT2D eigenvalue weighted by Gasteiger charge is -2.11. The van der Waals surface area contributed by atoms with Crippen molar-refractivity contribution in [3.8, 4) is 0 Å². The molecule has 19 heavy (non-hydrogen) atoms. The molecule has 0 aliphatic rings. The second-order valence-electron chi connectivity index (χ2n) is 4.45. The summed E-state index contributed by atoms with van der Waals surface area (Å²) in [6, 6.07) is -0.602. The first kappa shape index (κ1) is 17.6. The SMILES string of the molecule is C=C(C)C(=O)NCCOC(=O)C(N)CCCCCN. The maximum Gasteiger partial charge on any atom is 0.322 e. The van der Waals surface area contributed by atoms with Crippen LogP contribution in [0, 0.1) is 0 Å². The predicted octanol–water partition coefficient (Wildman–Crippen LogP) is 0.0683. The molecular formula is C13H25N3O3. The van der Waals surface area contributed by atoms with Gasteiger partial charge in [-0.1, -0.05) is 19.4 Å². The van der Waals surface area contributed by atoms with Crippen molar-refractivity contribution in [2.24, 2.45) is 11.5 Å². The zero-order chi connectivity index (χ0) is 14.7. The largest absolute Gasteiger partial charge is 0.463 e. The molecule has 0 spiro atoms. The number of nitrogens with one attached hydrogen (secondary N) is 1. The van der Waals surface area contributed by atoms with Crippen LogP contribution in [-0.4, -0.2) is 37.6 Å². The highest BCUT2D eigenvalue weighted by Crippen LogP contribution is 2.02. The summed E-state index contributed by atoms with van der Waals surface area (Å²) in [4.78, 5) is 22.6. The maximum absolute atomic E-state index is 11.5. The Morgan fingerprint density at radius 3 is 2.58 bits per heavy atom. The molecule has 0 aliphatic carbocycles. The zero-order valence-corrected chi connectivity index (χ0v) is 11.6. The van der Waals surface area contributed by atoms with Crippen molar-refractivity contribution in [2.45, 2.75) is 38.6 Å². The second-order valence-corrected chi connectivity index (χ2v) is 4.45. The molecule has 0 aromatic carbocycles. The quantitative estimate of drug-likeness (QED) is 0.296. The van der Waals surface area contributed by atoms with E-state index in [9.17, 15) is 9.59 Å². The molecule has 5 N–H and O–H groups in total. The normalized spacial score (nSPS) is 11.7. The number of carbonyl (C=O) groups is 2. The Hall–Kier alpha value is -1.40. The molecule has 0 rings (SSSR count). The van der Waals surface area contributed by atoms with Crippen molar-refractivity contribution in [3.63, 3.8) is 0 Å². The summed E-state index contributed by atoms with van der Waals surface area (Å²) in [7, 11) is 0. The molecule has 0 radical (unpaired) electrons. The highest BCUT2D eigenvalue weighted by Gasteiger charge is 2.14. The van der Waals surface area contributed by atoms with Gasteiger partial charge in [0.2, 0.25) is 5.91 Å². The highest BCUT2D eigenvalue weighted by atomic mass is 16.5. The number of hydrogen-bond acceptors (Lipinski definition) is 5. The van der Waals surface area contributed by atoms with Crippen molar-refractivity contribution in [2.75, 3.05) is 19.7 Å². The summed E-state index contributed by atoms with van der Waals surface area (Å²) < 4.78 is 4.96. The summed E-state index contributed by atoms with van der Waals surface area (Å²) in [6.07, 6.45) is 3.36. The number of ether oxygens (including phenoxy) is 1. The molecule has 0 aliphatic heterocycles. The average Bonchev–Trinajstić information content (AvgIpc) is 2.38. The van der Waals surface area contributed by atoms with Crippen molar-refractivity contribution in [3.05, 3.63) is 12.2 Å². The van der Waals surface area contributed by atoms with E-state index in [-0.39, 0.29) is 19.1 Å². The fourth-order valence-corrected chi connectivity index (χ4v) is 1.38. The Bertz CT molecular complexity index is 306. The summed E-state index contributed by atoms with van der Waals surface area (Å²) in [6.45, 7) is 6.14. The van der Waals surface area contributed by atoms with Crippen LogP contribution in [0.25, 0.3) is 0 Å². The predicted molar refractivity (Wildman–Crippen MR) is 74.3 cm³/mol. The Kier molecular flexibility index (Phi) is 9.74. The lowest BCUT2D eigenvalue weighted by atomic mass is 10.1. The Morgan fingerprint density at radius 1 is 1.32 bits per heavy atom. The molecule has 0 aromatic heterocycles. The van der Waals surface area contributed by atoms with Crippen LogP contribution in [0.15, 0.2) is 12.2 Å². The smallest absolute Gasteiger partial charge is 0.322 e. The van der Waals surface area contributed by atoms with Crippen LogP contribution in [0.3, 0.4) is 0 Å². The molecule has 0 fully saturated rings. The van der Waals surface area contributed by atoms with Gasteiger partial charge in [0.25, 0.3) is 0 Å². The lowest BCUT2D eigenvalue weighted by Crippen LogP contribution is -2.35. The number of nitrogens with two attached hydrogens (primary N) is 2. The number of unbranched alkanes of at least 4 members (excludes halogenated alkanes) is 2. The molecule has 0 saturated carbocycles. The first-order chi connectivity index (χ1) is 8.99. The Balaban J connectivity index is 3.62. The van der Waals surface area contributed by atoms with Gasteiger partial charge in [0.05, 0.1) is 6.54 Å². The first-order valence-electron chi connectivity index (χ1n) is 6.55. The van der Waals surface area contributed by atoms with Crippen LogP contribution in [0.5, 0.6) is 0 Å². The third kappa shape index (κ3) is 9.21. The fraction of sp³-hybridized carbons (Fsp3) is 0.692. The van der Waals surface area contributed by atoms with Gasteiger partial charge >= 0.3 is 5.97 Å². The lowest BCUT2D eigenvalue weighted by molar-refractivity contribution is -0.145. The van der Waals surface area contributed by atoms with E-state index in [2.05, 4.69) is 11.9 Å². The minimum atomic E-state index is -0.602. The van der Waals surface area contributed by atoms with Crippen LogP contribution in [0.2, 0.25) is 0 Å². The topological polar surface area (TPSA) is 107 Å². The first-order valence-corrected chi connectivity index (χ1v) is 6.55. The molecule has 110 valence electrons. The molecule has 0 bridgehead atoms. The average molecular weight is 271 g/mol. The van der Waals surface area contributed by atoms with Crippen LogP contribution < -0.4 is 16.8 Å².